The zero-order valence-corrected chi connectivity index (χ0v) is 18.4. The molecule has 20 heteroatoms. The number of rotatable bonds is 2. The fourth-order valence-corrected chi connectivity index (χ4v) is 3.84. The van der Waals surface area contributed by atoms with Crippen LogP contribution in [-0.2, 0) is 24.7 Å². The summed E-state index contributed by atoms with van der Waals surface area (Å²) < 4.78 is 274. The van der Waals surface area contributed by atoms with Crippen LogP contribution in [0.25, 0.3) is 11.1 Å². The third-order valence-electron chi connectivity index (χ3n) is 5.61. The van der Waals surface area contributed by atoms with Crippen molar-refractivity contribution >= 4 is 11.1 Å². The molecule has 0 atom stereocenters. The lowest BCUT2D eigenvalue weighted by molar-refractivity contribution is -0.254. The molecule has 41 heavy (non-hydrogen) atoms. The van der Waals surface area contributed by atoms with Crippen LogP contribution < -0.4 is 0 Å². The number of benzene rings is 2. The summed E-state index contributed by atoms with van der Waals surface area (Å²) >= 11 is 0. The van der Waals surface area contributed by atoms with Crippen LogP contribution in [0.3, 0.4) is 0 Å². The summed E-state index contributed by atoms with van der Waals surface area (Å²) in [4.78, 5) is 0. The fraction of sp³-hybridized carbons (Fsp3) is 0.333. The van der Waals surface area contributed by atoms with Gasteiger partial charge in [-0.05, 0) is 35.4 Å². The van der Waals surface area contributed by atoms with Gasteiger partial charge < -0.3 is 0 Å². The molecular formula is C21H4F20. The average molecular weight is 636 g/mol. The first-order valence-corrected chi connectivity index (χ1v) is 9.84. The molecule has 0 fully saturated rings. The van der Waals surface area contributed by atoms with E-state index in [2.05, 4.69) is 0 Å². The Balaban J connectivity index is 2.67. The van der Waals surface area contributed by atoms with Crippen molar-refractivity contribution in [2.24, 2.45) is 0 Å². The Bertz CT molecular complexity index is 1230. The predicted octanol–water partition coefficient (Wildman–Crippen LogP) is 9.87. The molecule has 0 bridgehead atoms. The summed E-state index contributed by atoms with van der Waals surface area (Å²) in [6.45, 7) is 0. The molecule has 0 aliphatic heterocycles. The molecule has 0 nitrogen and oxygen atoms in total. The molecule has 3 rings (SSSR count). The molecule has 0 aromatic heterocycles. The molecule has 0 amide bonds. The molecular weight excluding hydrogens is 632 g/mol. The van der Waals surface area contributed by atoms with Gasteiger partial charge in [0.15, 0.2) is 0 Å². The SMILES string of the molecule is Fc1c(C(F)(F)F)cc(C2=C(c3cc(C(F)(F)F)c(F)c(C(F)(F)F)c3)C(F)(F)C(F)(F)C2(F)F)cc1C(F)(F)F. The van der Waals surface area contributed by atoms with E-state index in [0.29, 0.717) is 0 Å². The average Bonchev–Trinajstić information content (AvgIpc) is 2.84. The third kappa shape index (κ3) is 4.95. The number of alkyl halides is 18. The quantitative estimate of drug-likeness (QED) is 0.288. The topological polar surface area (TPSA) is 0 Å². The van der Waals surface area contributed by atoms with Gasteiger partial charge in [-0.2, -0.15) is 79.0 Å². The summed E-state index contributed by atoms with van der Waals surface area (Å²) in [5.74, 6) is -26.7. The minimum atomic E-state index is -6.93. The van der Waals surface area contributed by atoms with Gasteiger partial charge in [-0.1, -0.05) is 0 Å². The molecule has 0 N–H and O–H groups in total. The monoisotopic (exact) mass is 636 g/mol. The lowest BCUT2D eigenvalue weighted by Crippen LogP contribution is -2.49. The summed E-state index contributed by atoms with van der Waals surface area (Å²) in [7, 11) is 0. The van der Waals surface area contributed by atoms with Crippen LogP contribution in [0.5, 0.6) is 0 Å². The van der Waals surface area contributed by atoms with Crippen LogP contribution in [0.15, 0.2) is 24.3 Å². The van der Waals surface area contributed by atoms with E-state index in [-0.39, 0.29) is 0 Å². The second-order valence-electron chi connectivity index (χ2n) is 8.23. The van der Waals surface area contributed by atoms with Crippen molar-refractivity contribution in [3.05, 3.63) is 69.3 Å². The number of halogens is 20. The Morgan fingerprint density at radius 1 is 0.390 bits per heavy atom. The fourth-order valence-electron chi connectivity index (χ4n) is 3.84. The van der Waals surface area contributed by atoms with E-state index in [4.69, 9.17) is 0 Å². The number of allylic oxidation sites excluding steroid dienone is 2. The lowest BCUT2D eigenvalue weighted by Gasteiger charge is -2.26. The highest BCUT2D eigenvalue weighted by molar-refractivity contribution is 6.01. The van der Waals surface area contributed by atoms with E-state index < -0.39 is 123 Å². The van der Waals surface area contributed by atoms with E-state index >= 15 is 0 Å². The number of hydrogen-bond acceptors (Lipinski definition) is 0. The van der Waals surface area contributed by atoms with Crippen molar-refractivity contribution in [1.82, 2.24) is 0 Å². The van der Waals surface area contributed by atoms with E-state index in [1.54, 1.807) is 0 Å². The highest BCUT2D eigenvalue weighted by atomic mass is 19.4. The smallest absolute Gasteiger partial charge is 0.206 e. The maximum atomic E-state index is 14.7. The molecule has 228 valence electrons. The van der Waals surface area contributed by atoms with Gasteiger partial charge in [0.1, 0.15) is 11.6 Å². The molecule has 0 radical (unpaired) electrons. The molecule has 0 heterocycles. The predicted molar refractivity (Wildman–Crippen MR) is 94.5 cm³/mol. The molecule has 0 spiro atoms. The molecule has 0 saturated heterocycles. The molecule has 2 aromatic carbocycles. The first-order chi connectivity index (χ1) is 18.0. The maximum Gasteiger partial charge on any atom is 0.419 e. The van der Waals surface area contributed by atoms with Crippen molar-refractivity contribution in [2.45, 2.75) is 42.5 Å². The molecule has 0 unspecified atom stereocenters. The Morgan fingerprint density at radius 3 is 0.756 bits per heavy atom. The molecule has 1 aliphatic carbocycles. The molecule has 0 saturated carbocycles. The highest BCUT2D eigenvalue weighted by Gasteiger charge is 2.80. The van der Waals surface area contributed by atoms with Crippen LogP contribution in [0, 0.1) is 11.6 Å². The van der Waals surface area contributed by atoms with Gasteiger partial charge in [-0.3, -0.25) is 0 Å². The van der Waals surface area contributed by atoms with Crippen LogP contribution in [-0.4, -0.2) is 17.8 Å². The molecule has 2 aromatic rings. The van der Waals surface area contributed by atoms with E-state index in [1.807, 2.05) is 0 Å². The minimum absolute atomic E-state index is 1.11. The number of hydrogen-bond donors (Lipinski definition) is 0. The van der Waals surface area contributed by atoms with E-state index in [1.165, 1.54) is 0 Å². The van der Waals surface area contributed by atoms with Crippen molar-refractivity contribution in [3.63, 3.8) is 0 Å². The summed E-state index contributed by atoms with van der Waals surface area (Å²) in [6.07, 6.45) is -25.1. The summed E-state index contributed by atoms with van der Waals surface area (Å²) in [5, 5.41) is 0. The third-order valence-corrected chi connectivity index (χ3v) is 5.61. The van der Waals surface area contributed by atoms with E-state index in [9.17, 15) is 87.8 Å². The Hall–Kier alpha value is -3.22. The van der Waals surface area contributed by atoms with Gasteiger partial charge in [0.05, 0.1) is 22.3 Å². The standard InChI is InChI=1S/C21H4F20/c22-13-7(17(28,29)30)1-5(2-8(13)18(31,32)33)11-12(16(26,27)21(40,41)15(11,24)25)6-3-9(19(34,35)36)14(23)10(4-6)20(37,38)39/h1-4H. The normalized spacial score (nSPS) is 19.2. The molecule has 1 aliphatic rings. The van der Waals surface area contributed by atoms with Crippen molar-refractivity contribution in [3.8, 4) is 0 Å². The van der Waals surface area contributed by atoms with Crippen LogP contribution in [0.2, 0.25) is 0 Å². The summed E-state index contributed by atoms with van der Waals surface area (Å²) in [5.41, 5.74) is -24.5. The zero-order valence-electron chi connectivity index (χ0n) is 18.4. The second-order valence-corrected chi connectivity index (χ2v) is 8.23. The largest absolute Gasteiger partial charge is 0.419 e. The Kier molecular flexibility index (Phi) is 7.00. The van der Waals surface area contributed by atoms with Crippen LogP contribution in [0.4, 0.5) is 87.8 Å². The van der Waals surface area contributed by atoms with Gasteiger partial charge in [0.25, 0.3) is 0 Å². The Morgan fingerprint density at radius 2 is 0.585 bits per heavy atom. The Labute approximate surface area is 211 Å². The van der Waals surface area contributed by atoms with Crippen molar-refractivity contribution in [2.75, 3.05) is 0 Å². The van der Waals surface area contributed by atoms with Gasteiger partial charge in [-0.25, -0.2) is 8.78 Å². The van der Waals surface area contributed by atoms with Crippen LogP contribution in [0.1, 0.15) is 33.4 Å². The van der Waals surface area contributed by atoms with Crippen LogP contribution >= 0.6 is 0 Å². The summed E-state index contributed by atoms with van der Waals surface area (Å²) in [6, 6.07) is -4.43. The van der Waals surface area contributed by atoms with Crippen molar-refractivity contribution in [1.29, 1.82) is 0 Å². The minimum Gasteiger partial charge on any atom is -0.206 e. The van der Waals surface area contributed by atoms with Crippen molar-refractivity contribution < 1.29 is 87.8 Å². The maximum absolute atomic E-state index is 14.7. The second kappa shape index (κ2) is 8.89. The van der Waals surface area contributed by atoms with E-state index in [0.717, 1.165) is 0 Å². The highest BCUT2D eigenvalue weighted by Crippen LogP contribution is 2.65. The van der Waals surface area contributed by atoms with Gasteiger partial charge >= 0.3 is 42.5 Å². The first kappa shape index (κ1) is 32.3. The zero-order chi connectivity index (χ0) is 32.1. The van der Waals surface area contributed by atoms with Gasteiger partial charge in [0.2, 0.25) is 0 Å². The van der Waals surface area contributed by atoms with Gasteiger partial charge in [0, 0.05) is 11.1 Å². The van der Waals surface area contributed by atoms with Gasteiger partial charge in [-0.15, -0.1) is 0 Å². The first-order valence-electron chi connectivity index (χ1n) is 9.84. The lowest BCUT2D eigenvalue weighted by atomic mass is 9.90.